The molecule has 166 valence electrons. The third kappa shape index (κ3) is 4.52. The summed E-state index contributed by atoms with van der Waals surface area (Å²) in [5, 5.41) is 9.85. The van der Waals surface area contributed by atoms with Gasteiger partial charge in [0.1, 0.15) is 0 Å². The summed E-state index contributed by atoms with van der Waals surface area (Å²) in [5.74, 6) is 0.890. The summed E-state index contributed by atoms with van der Waals surface area (Å²) in [7, 11) is 3.02. The lowest BCUT2D eigenvalue weighted by atomic mass is 9.90. The Hall–Kier alpha value is -3.42. The van der Waals surface area contributed by atoms with E-state index in [1.54, 1.807) is 24.0 Å². The summed E-state index contributed by atoms with van der Waals surface area (Å²) in [6.45, 7) is 4.16. The fraction of sp³-hybridized carbons (Fsp3) is 0.391. The highest BCUT2D eigenvalue weighted by Crippen LogP contribution is 2.46. The zero-order valence-electron chi connectivity index (χ0n) is 18.2. The Kier molecular flexibility index (Phi) is 6.89. The van der Waals surface area contributed by atoms with Crippen LogP contribution in [0.3, 0.4) is 0 Å². The first-order chi connectivity index (χ1) is 14.9. The van der Waals surface area contributed by atoms with Gasteiger partial charge in [-0.1, -0.05) is 30.3 Å². The number of methoxy groups -OCH3 is 2. The van der Waals surface area contributed by atoms with Gasteiger partial charge < -0.3 is 19.3 Å². The number of carbonyl (C=O) groups excluding carboxylic acids is 1. The van der Waals surface area contributed by atoms with Gasteiger partial charge in [-0.2, -0.15) is 0 Å². The number of carbonyl (C=O) groups is 2. The van der Waals surface area contributed by atoms with Gasteiger partial charge in [0.25, 0.3) is 0 Å². The molecule has 0 bridgehead atoms. The molecule has 1 heterocycles. The highest BCUT2D eigenvalue weighted by molar-refractivity contribution is 5.90. The van der Waals surface area contributed by atoms with Crippen molar-refractivity contribution in [1.82, 2.24) is 4.90 Å². The van der Waals surface area contributed by atoms with E-state index in [0.717, 1.165) is 5.56 Å². The van der Waals surface area contributed by atoms with Crippen molar-refractivity contribution in [3.63, 3.8) is 0 Å². The lowest BCUT2D eigenvalue weighted by Gasteiger charge is -2.42. The van der Waals surface area contributed by atoms with Crippen molar-refractivity contribution in [2.45, 2.75) is 38.9 Å². The van der Waals surface area contributed by atoms with Crippen molar-refractivity contribution >= 4 is 17.9 Å². The fourth-order valence-electron chi connectivity index (χ4n) is 4.03. The van der Waals surface area contributed by atoms with Crippen LogP contribution in [-0.2, 0) is 11.3 Å². The quantitative estimate of drug-likeness (QED) is 0.719. The molecule has 2 amide bonds. The average molecular weight is 428 g/mol. The molecule has 0 radical (unpaired) electrons. The molecule has 0 aliphatic carbocycles. The predicted octanol–water partition coefficient (Wildman–Crippen LogP) is 4.68. The van der Waals surface area contributed by atoms with E-state index in [9.17, 15) is 14.7 Å². The second kappa shape index (κ2) is 9.59. The molecule has 1 aliphatic rings. The Morgan fingerprint density at radius 1 is 1.13 bits per heavy atom. The molecule has 2 aromatic carbocycles. The average Bonchev–Trinajstić information content (AvgIpc) is 2.76. The maximum Gasteiger partial charge on any atom is 0.412 e. The number of benzene rings is 2. The zero-order chi connectivity index (χ0) is 22.5. The number of nitrogens with zero attached hydrogens (tertiary/aromatic N) is 2. The van der Waals surface area contributed by atoms with E-state index in [2.05, 4.69) is 0 Å². The van der Waals surface area contributed by atoms with Crippen molar-refractivity contribution in [1.29, 1.82) is 0 Å². The van der Waals surface area contributed by atoms with Crippen LogP contribution in [0.4, 0.5) is 15.3 Å². The minimum Gasteiger partial charge on any atom is -0.493 e. The first kappa shape index (κ1) is 22.3. The largest absolute Gasteiger partial charge is 0.493 e. The molecule has 2 unspecified atom stereocenters. The summed E-state index contributed by atoms with van der Waals surface area (Å²) >= 11 is 0. The molecule has 2 aromatic rings. The SMILES string of the molecule is CCOC(=O)N(Cc1ccccc1)C1CC(C)N(C(=O)O)c2cc(OC)c(OC)cc21. The number of anilines is 1. The summed E-state index contributed by atoms with van der Waals surface area (Å²) in [4.78, 5) is 28.0. The smallest absolute Gasteiger partial charge is 0.412 e. The summed E-state index contributed by atoms with van der Waals surface area (Å²) < 4.78 is 16.2. The van der Waals surface area contributed by atoms with Gasteiger partial charge in [0.2, 0.25) is 0 Å². The zero-order valence-corrected chi connectivity index (χ0v) is 18.2. The molecule has 2 atom stereocenters. The molecule has 31 heavy (non-hydrogen) atoms. The predicted molar refractivity (Wildman–Crippen MR) is 116 cm³/mol. The second-order valence-electron chi connectivity index (χ2n) is 7.33. The third-order valence-corrected chi connectivity index (χ3v) is 5.44. The minimum atomic E-state index is -1.06. The number of amides is 2. The van der Waals surface area contributed by atoms with Gasteiger partial charge in [0, 0.05) is 24.2 Å². The normalized spacial score (nSPS) is 17.5. The van der Waals surface area contributed by atoms with Crippen LogP contribution >= 0.6 is 0 Å². The number of ether oxygens (including phenoxy) is 3. The van der Waals surface area contributed by atoms with E-state index in [1.165, 1.54) is 19.1 Å². The van der Waals surface area contributed by atoms with E-state index >= 15 is 0 Å². The van der Waals surface area contributed by atoms with Gasteiger partial charge in [-0.25, -0.2) is 9.59 Å². The number of carboxylic acid groups (broad SMARTS) is 1. The van der Waals surface area contributed by atoms with Gasteiger partial charge >= 0.3 is 12.2 Å². The number of hydrogen-bond donors (Lipinski definition) is 1. The van der Waals surface area contributed by atoms with E-state index in [0.29, 0.717) is 35.7 Å². The highest BCUT2D eigenvalue weighted by atomic mass is 16.6. The molecule has 0 spiro atoms. The molecular formula is C23H28N2O6. The summed E-state index contributed by atoms with van der Waals surface area (Å²) in [5.41, 5.74) is 2.09. The molecule has 0 fully saturated rings. The minimum absolute atomic E-state index is 0.242. The molecular weight excluding hydrogens is 400 g/mol. The molecule has 0 saturated heterocycles. The molecule has 0 saturated carbocycles. The van der Waals surface area contributed by atoms with Crippen LogP contribution in [-0.4, -0.2) is 49.1 Å². The fourth-order valence-corrected chi connectivity index (χ4v) is 4.03. The Morgan fingerprint density at radius 2 is 1.77 bits per heavy atom. The van der Waals surface area contributed by atoms with E-state index in [-0.39, 0.29) is 12.6 Å². The first-order valence-electron chi connectivity index (χ1n) is 10.2. The first-order valence-corrected chi connectivity index (χ1v) is 10.2. The molecule has 8 nitrogen and oxygen atoms in total. The Bertz CT molecular complexity index is 933. The lowest BCUT2D eigenvalue weighted by molar-refractivity contribution is 0.0813. The van der Waals surface area contributed by atoms with Crippen LogP contribution < -0.4 is 14.4 Å². The number of rotatable bonds is 6. The van der Waals surface area contributed by atoms with Crippen LogP contribution in [0.15, 0.2) is 42.5 Å². The molecule has 3 rings (SSSR count). The molecule has 8 heteroatoms. The van der Waals surface area contributed by atoms with Gasteiger partial charge in [-0.15, -0.1) is 0 Å². The van der Waals surface area contributed by atoms with E-state index in [4.69, 9.17) is 14.2 Å². The van der Waals surface area contributed by atoms with Gasteiger partial charge in [0.15, 0.2) is 11.5 Å². The van der Waals surface area contributed by atoms with Gasteiger partial charge in [0.05, 0.1) is 32.6 Å². The van der Waals surface area contributed by atoms with Gasteiger partial charge in [-0.05, 0) is 31.9 Å². The molecule has 1 N–H and O–H groups in total. The van der Waals surface area contributed by atoms with Crippen molar-refractivity contribution in [3.05, 3.63) is 53.6 Å². The van der Waals surface area contributed by atoms with Crippen LogP contribution in [0.1, 0.15) is 37.4 Å². The van der Waals surface area contributed by atoms with Crippen LogP contribution in [0, 0.1) is 0 Å². The summed E-state index contributed by atoms with van der Waals surface area (Å²) in [6.07, 6.45) is -1.10. The van der Waals surface area contributed by atoms with Crippen LogP contribution in [0.5, 0.6) is 11.5 Å². The van der Waals surface area contributed by atoms with Gasteiger partial charge in [-0.3, -0.25) is 9.80 Å². The number of fused-ring (bicyclic) bond motifs is 1. The number of hydrogen-bond acceptors (Lipinski definition) is 5. The van der Waals surface area contributed by atoms with E-state index in [1.807, 2.05) is 37.3 Å². The summed E-state index contributed by atoms with van der Waals surface area (Å²) in [6, 6.07) is 12.3. The maximum atomic E-state index is 13.0. The molecule has 0 aromatic heterocycles. The monoisotopic (exact) mass is 428 g/mol. The van der Waals surface area contributed by atoms with Crippen molar-refractivity contribution in [2.75, 3.05) is 25.7 Å². The Balaban J connectivity index is 2.14. The Labute approximate surface area is 181 Å². The standard InChI is InChI=1S/C23H28N2O6/c1-5-31-23(28)24(14-16-9-7-6-8-10-16)18-11-15(2)25(22(26)27)19-13-21(30-4)20(29-3)12-17(18)19/h6-10,12-13,15,18H,5,11,14H2,1-4H3,(H,26,27). The lowest BCUT2D eigenvalue weighted by Crippen LogP contribution is -2.47. The second-order valence-corrected chi connectivity index (χ2v) is 7.33. The van der Waals surface area contributed by atoms with Crippen molar-refractivity contribution < 1.29 is 28.9 Å². The molecule has 1 aliphatic heterocycles. The van der Waals surface area contributed by atoms with Crippen molar-refractivity contribution in [3.8, 4) is 11.5 Å². The topological polar surface area (TPSA) is 88.5 Å². The maximum absolute atomic E-state index is 13.0. The highest BCUT2D eigenvalue weighted by Gasteiger charge is 2.39. The van der Waals surface area contributed by atoms with Crippen LogP contribution in [0.2, 0.25) is 0 Å². The Morgan fingerprint density at radius 3 is 2.35 bits per heavy atom. The van der Waals surface area contributed by atoms with E-state index < -0.39 is 18.2 Å². The third-order valence-electron chi connectivity index (χ3n) is 5.44. The van der Waals surface area contributed by atoms with Crippen LogP contribution in [0.25, 0.3) is 0 Å². The van der Waals surface area contributed by atoms with Crippen molar-refractivity contribution in [2.24, 2.45) is 0 Å².